The Labute approximate surface area is 163 Å². The van der Waals surface area contributed by atoms with Crippen LogP contribution < -0.4 is 22.1 Å². The maximum Gasteiger partial charge on any atom is 0.240 e. The minimum Gasteiger partial charge on any atom is -0.368 e. The summed E-state index contributed by atoms with van der Waals surface area (Å²) in [5.74, 6) is 9.35. The van der Waals surface area contributed by atoms with Gasteiger partial charge in [-0.25, -0.2) is 0 Å². The quantitative estimate of drug-likeness (QED) is 0.475. The van der Waals surface area contributed by atoms with Gasteiger partial charge in [0.15, 0.2) is 0 Å². The van der Waals surface area contributed by atoms with Crippen LogP contribution >= 0.6 is 0 Å². The third kappa shape index (κ3) is 8.54. The molecule has 1 aromatic carbocycles. The van der Waals surface area contributed by atoms with Crippen LogP contribution in [0.3, 0.4) is 0 Å². The van der Waals surface area contributed by atoms with E-state index >= 15 is 0 Å². The predicted octanol–water partition coefficient (Wildman–Crippen LogP) is -0.850. The summed E-state index contributed by atoms with van der Waals surface area (Å²) in [4.78, 5) is 44.5. The molecule has 0 radical (unpaired) electrons. The molecule has 6 N–H and O–H groups in total. The smallest absolute Gasteiger partial charge is 0.240 e. The Kier molecular flexibility index (Phi) is 8.78. The molecule has 0 aromatic heterocycles. The van der Waals surface area contributed by atoms with Gasteiger partial charge in [-0.2, -0.15) is 0 Å². The van der Waals surface area contributed by atoms with E-state index in [1.54, 1.807) is 24.3 Å². The van der Waals surface area contributed by atoms with Crippen molar-refractivity contribution in [1.82, 2.24) is 10.6 Å². The van der Waals surface area contributed by atoms with Crippen molar-refractivity contribution in [2.24, 2.45) is 11.5 Å². The molecule has 4 amide bonds. The SMILES string of the molecule is CC(=O)NC(CC#Cc1ccc(C#CCC(NC(C)=O)C(N)=O)cc1)C(N)=O. The summed E-state index contributed by atoms with van der Waals surface area (Å²) in [7, 11) is 0. The van der Waals surface area contributed by atoms with Gasteiger partial charge in [0.2, 0.25) is 23.6 Å². The van der Waals surface area contributed by atoms with Gasteiger partial charge in [0, 0.05) is 37.8 Å². The van der Waals surface area contributed by atoms with Crippen molar-refractivity contribution in [3.8, 4) is 23.7 Å². The molecular formula is C20H22N4O4. The second-order valence-electron chi connectivity index (χ2n) is 5.90. The summed E-state index contributed by atoms with van der Waals surface area (Å²) in [6, 6.07) is 5.30. The molecule has 2 unspecified atom stereocenters. The van der Waals surface area contributed by atoms with E-state index < -0.39 is 23.9 Å². The summed E-state index contributed by atoms with van der Waals surface area (Å²) in [5, 5.41) is 4.87. The third-order valence-corrected chi connectivity index (χ3v) is 3.40. The number of hydrogen-bond donors (Lipinski definition) is 4. The van der Waals surface area contributed by atoms with E-state index in [2.05, 4.69) is 34.3 Å². The van der Waals surface area contributed by atoms with Gasteiger partial charge in [0.25, 0.3) is 0 Å². The summed E-state index contributed by atoms with van der Waals surface area (Å²) >= 11 is 0. The van der Waals surface area contributed by atoms with Crippen LogP contribution in [0.5, 0.6) is 0 Å². The standard InChI is InChI=1S/C20H22N4O4/c1-13(25)23-17(19(21)27)7-3-5-15-9-11-16(12-10-15)6-4-8-18(20(22)28)24-14(2)26/h9-12,17-18H,7-8H2,1-2H3,(H2,21,27)(H2,22,28)(H,23,25)(H,24,26). The lowest BCUT2D eigenvalue weighted by Crippen LogP contribution is -2.43. The first-order valence-electron chi connectivity index (χ1n) is 8.39. The molecule has 0 aliphatic heterocycles. The lowest BCUT2D eigenvalue weighted by atomic mass is 10.1. The zero-order valence-electron chi connectivity index (χ0n) is 15.7. The van der Waals surface area contributed by atoms with Crippen LogP contribution in [0.25, 0.3) is 0 Å². The Morgan fingerprint density at radius 2 is 1.11 bits per heavy atom. The molecule has 1 aromatic rings. The number of carbonyl (C=O) groups excluding carboxylic acids is 4. The van der Waals surface area contributed by atoms with E-state index in [4.69, 9.17) is 11.5 Å². The lowest BCUT2D eigenvalue weighted by Gasteiger charge is -2.10. The summed E-state index contributed by atoms with van der Waals surface area (Å²) in [6.07, 6.45) is 0.211. The fourth-order valence-electron chi connectivity index (χ4n) is 2.08. The molecule has 0 aliphatic rings. The predicted molar refractivity (Wildman–Crippen MR) is 103 cm³/mol. The molecule has 0 heterocycles. The molecule has 0 fully saturated rings. The molecular weight excluding hydrogens is 360 g/mol. The topological polar surface area (TPSA) is 144 Å². The Morgan fingerprint density at radius 1 is 0.786 bits per heavy atom. The van der Waals surface area contributed by atoms with Gasteiger partial charge in [0.05, 0.1) is 0 Å². The first-order chi connectivity index (χ1) is 13.2. The minimum atomic E-state index is -0.836. The number of amides is 4. The fraction of sp³-hybridized carbons (Fsp3) is 0.300. The van der Waals surface area contributed by atoms with Crippen molar-refractivity contribution < 1.29 is 19.2 Å². The Balaban J connectivity index is 2.70. The van der Waals surface area contributed by atoms with Crippen LogP contribution in [0.2, 0.25) is 0 Å². The maximum absolute atomic E-state index is 11.2. The van der Waals surface area contributed by atoms with Crippen molar-refractivity contribution in [2.45, 2.75) is 38.8 Å². The number of rotatable bonds is 6. The summed E-state index contributed by atoms with van der Waals surface area (Å²) in [6.45, 7) is 2.59. The van der Waals surface area contributed by atoms with Crippen molar-refractivity contribution >= 4 is 23.6 Å². The number of benzene rings is 1. The van der Waals surface area contributed by atoms with Crippen LogP contribution in [0.4, 0.5) is 0 Å². The fourth-order valence-corrected chi connectivity index (χ4v) is 2.08. The molecule has 2 atom stereocenters. The highest BCUT2D eigenvalue weighted by Crippen LogP contribution is 2.03. The van der Waals surface area contributed by atoms with Crippen molar-refractivity contribution in [3.63, 3.8) is 0 Å². The summed E-state index contributed by atoms with van der Waals surface area (Å²) in [5.41, 5.74) is 11.8. The van der Waals surface area contributed by atoms with Gasteiger partial charge in [0.1, 0.15) is 12.1 Å². The molecule has 0 bridgehead atoms. The molecule has 0 spiro atoms. The first kappa shape index (κ1) is 22.3. The number of primary amides is 2. The second-order valence-corrected chi connectivity index (χ2v) is 5.90. The first-order valence-corrected chi connectivity index (χ1v) is 8.39. The van der Waals surface area contributed by atoms with E-state index in [1.807, 2.05) is 0 Å². The highest BCUT2D eigenvalue weighted by atomic mass is 16.2. The Hall–Kier alpha value is -3.78. The third-order valence-electron chi connectivity index (χ3n) is 3.40. The molecule has 8 heteroatoms. The van der Waals surface area contributed by atoms with Crippen LogP contribution in [0, 0.1) is 23.7 Å². The molecule has 0 saturated heterocycles. The van der Waals surface area contributed by atoms with Crippen molar-refractivity contribution in [2.75, 3.05) is 0 Å². The largest absolute Gasteiger partial charge is 0.368 e. The van der Waals surface area contributed by atoms with Gasteiger partial charge >= 0.3 is 0 Å². The average molecular weight is 382 g/mol. The van der Waals surface area contributed by atoms with E-state index in [0.29, 0.717) is 11.1 Å². The van der Waals surface area contributed by atoms with Gasteiger partial charge < -0.3 is 22.1 Å². The van der Waals surface area contributed by atoms with Gasteiger partial charge in [-0.3, -0.25) is 19.2 Å². The zero-order valence-corrected chi connectivity index (χ0v) is 15.7. The normalized spacial score (nSPS) is 11.5. The number of nitrogens with two attached hydrogens (primary N) is 2. The van der Waals surface area contributed by atoms with E-state index in [-0.39, 0.29) is 24.7 Å². The molecule has 8 nitrogen and oxygen atoms in total. The maximum atomic E-state index is 11.2. The highest BCUT2D eigenvalue weighted by Gasteiger charge is 2.15. The van der Waals surface area contributed by atoms with E-state index in [1.165, 1.54) is 13.8 Å². The van der Waals surface area contributed by atoms with E-state index in [9.17, 15) is 19.2 Å². The van der Waals surface area contributed by atoms with E-state index in [0.717, 1.165) is 0 Å². The molecule has 1 rings (SSSR count). The number of hydrogen-bond acceptors (Lipinski definition) is 4. The Morgan fingerprint density at radius 3 is 1.36 bits per heavy atom. The van der Waals surface area contributed by atoms with Crippen LogP contribution in [-0.2, 0) is 19.2 Å². The number of carbonyl (C=O) groups is 4. The summed E-state index contributed by atoms with van der Waals surface area (Å²) < 4.78 is 0. The molecule has 146 valence electrons. The van der Waals surface area contributed by atoms with Crippen LogP contribution in [0.1, 0.15) is 37.8 Å². The Bertz CT molecular complexity index is 796. The lowest BCUT2D eigenvalue weighted by molar-refractivity contribution is -0.126. The minimum absolute atomic E-state index is 0.105. The second kappa shape index (κ2) is 11.0. The molecule has 0 aliphatic carbocycles. The van der Waals surface area contributed by atoms with Gasteiger partial charge in [-0.05, 0) is 24.3 Å². The van der Waals surface area contributed by atoms with Crippen LogP contribution in [0.15, 0.2) is 24.3 Å². The zero-order chi connectivity index (χ0) is 21.1. The average Bonchev–Trinajstić information content (AvgIpc) is 2.60. The number of nitrogens with one attached hydrogen (secondary N) is 2. The van der Waals surface area contributed by atoms with Gasteiger partial charge in [-0.1, -0.05) is 23.7 Å². The van der Waals surface area contributed by atoms with Gasteiger partial charge in [-0.15, -0.1) is 0 Å². The van der Waals surface area contributed by atoms with Crippen molar-refractivity contribution in [1.29, 1.82) is 0 Å². The molecule has 0 saturated carbocycles. The highest BCUT2D eigenvalue weighted by molar-refractivity contribution is 5.86. The van der Waals surface area contributed by atoms with Crippen molar-refractivity contribution in [3.05, 3.63) is 35.4 Å². The molecule has 28 heavy (non-hydrogen) atoms. The van der Waals surface area contributed by atoms with Crippen LogP contribution in [-0.4, -0.2) is 35.7 Å². The monoisotopic (exact) mass is 382 g/mol.